The van der Waals surface area contributed by atoms with Gasteiger partial charge in [-0.3, -0.25) is 4.79 Å². The van der Waals surface area contributed by atoms with Gasteiger partial charge in [0, 0.05) is 51.0 Å². The van der Waals surface area contributed by atoms with E-state index in [2.05, 4.69) is 14.9 Å². The summed E-state index contributed by atoms with van der Waals surface area (Å²) in [5.74, 6) is -3.67. The summed E-state index contributed by atoms with van der Waals surface area (Å²) in [5, 5.41) is 0. The Labute approximate surface area is 172 Å². The maximum atomic E-state index is 14.0. The fourth-order valence-electron chi connectivity index (χ4n) is 3.60. The standard InChI is InChI=1S/C20H22F3N5O2/c1-13-12-16(26-8-10-30-11-9-26)25-20(24-13)28-6-4-27(5-7-28)19(29)14-2-3-15(21)18(23)17(14)22/h2-3,12H,4-11H2,1H3. The first-order valence-corrected chi connectivity index (χ1v) is 9.80. The Morgan fingerprint density at radius 1 is 0.933 bits per heavy atom. The molecule has 0 saturated carbocycles. The van der Waals surface area contributed by atoms with Gasteiger partial charge in [0.25, 0.3) is 5.91 Å². The van der Waals surface area contributed by atoms with E-state index in [0.29, 0.717) is 45.3 Å². The number of carbonyl (C=O) groups is 1. The number of hydrogen-bond donors (Lipinski definition) is 0. The van der Waals surface area contributed by atoms with Crippen molar-refractivity contribution >= 4 is 17.7 Å². The predicted octanol–water partition coefficient (Wildman–Crippen LogP) is 2.00. The minimum absolute atomic E-state index is 0.293. The fourth-order valence-corrected chi connectivity index (χ4v) is 3.60. The Balaban J connectivity index is 1.45. The number of halogens is 3. The minimum atomic E-state index is -1.64. The lowest BCUT2D eigenvalue weighted by atomic mass is 10.1. The lowest BCUT2D eigenvalue weighted by Gasteiger charge is -2.35. The summed E-state index contributed by atoms with van der Waals surface area (Å²) >= 11 is 0. The topological polar surface area (TPSA) is 61.8 Å². The number of ether oxygens (including phenoxy) is 1. The molecule has 0 radical (unpaired) electrons. The van der Waals surface area contributed by atoms with E-state index in [0.717, 1.165) is 36.7 Å². The first kappa shape index (κ1) is 20.4. The second-order valence-corrected chi connectivity index (χ2v) is 7.27. The summed E-state index contributed by atoms with van der Waals surface area (Å²) in [6.45, 7) is 6.21. The molecule has 3 heterocycles. The van der Waals surface area contributed by atoms with Crippen molar-refractivity contribution in [3.8, 4) is 0 Å². The fraction of sp³-hybridized carbons (Fsp3) is 0.450. The summed E-state index contributed by atoms with van der Waals surface area (Å²) < 4.78 is 46.0. The molecule has 30 heavy (non-hydrogen) atoms. The van der Waals surface area contributed by atoms with Gasteiger partial charge in [-0.1, -0.05) is 0 Å². The highest BCUT2D eigenvalue weighted by molar-refractivity contribution is 5.94. The zero-order valence-corrected chi connectivity index (χ0v) is 16.6. The van der Waals surface area contributed by atoms with Crippen molar-refractivity contribution in [3.05, 3.63) is 46.9 Å². The molecule has 0 spiro atoms. The van der Waals surface area contributed by atoms with Crippen LogP contribution in [0.1, 0.15) is 16.1 Å². The summed E-state index contributed by atoms with van der Waals surface area (Å²) in [7, 11) is 0. The van der Waals surface area contributed by atoms with Crippen molar-refractivity contribution in [2.75, 3.05) is 62.3 Å². The van der Waals surface area contributed by atoms with E-state index in [1.807, 2.05) is 17.9 Å². The number of rotatable bonds is 3. The third-order valence-corrected chi connectivity index (χ3v) is 5.28. The summed E-state index contributed by atoms with van der Waals surface area (Å²) in [4.78, 5) is 27.3. The van der Waals surface area contributed by atoms with Crippen molar-refractivity contribution in [2.24, 2.45) is 0 Å². The predicted molar refractivity (Wildman–Crippen MR) is 104 cm³/mol. The van der Waals surface area contributed by atoms with E-state index in [1.165, 1.54) is 4.90 Å². The molecule has 7 nitrogen and oxygen atoms in total. The number of aryl methyl sites for hydroxylation is 1. The van der Waals surface area contributed by atoms with Crippen molar-refractivity contribution < 1.29 is 22.7 Å². The Morgan fingerprint density at radius 2 is 1.63 bits per heavy atom. The van der Waals surface area contributed by atoms with Crippen LogP contribution in [0.2, 0.25) is 0 Å². The first-order valence-electron chi connectivity index (χ1n) is 9.80. The van der Waals surface area contributed by atoms with Gasteiger partial charge in [-0.05, 0) is 19.1 Å². The van der Waals surface area contributed by atoms with Gasteiger partial charge in [-0.25, -0.2) is 18.2 Å². The van der Waals surface area contributed by atoms with Crippen molar-refractivity contribution in [1.82, 2.24) is 14.9 Å². The molecule has 2 aliphatic rings. The molecule has 2 saturated heterocycles. The number of nitrogens with zero attached hydrogens (tertiary/aromatic N) is 5. The molecule has 0 atom stereocenters. The summed E-state index contributed by atoms with van der Waals surface area (Å²) in [6, 6.07) is 3.66. The molecule has 4 rings (SSSR count). The minimum Gasteiger partial charge on any atom is -0.378 e. The summed E-state index contributed by atoms with van der Waals surface area (Å²) in [5.41, 5.74) is 0.368. The Kier molecular flexibility index (Phi) is 5.76. The number of amides is 1. The zero-order valence-electron chi connectivity index (χ0n) is 16.6. The van der Waals surface area contributed by atoms with E-state index in [9.17, 15) is 18.0 Å². The van der Waals surface area contributed by atoms with E-state index in [-0.39, 0.29) is 0 Å². The number of aromatic nitrogens is 2. The van der Waals surface area contributed by atoms with Crippen molar-refractivity contribution in [1.29, 1.82) is 0 Å². The molecule has 10 heteroatoms. The first-order chi connectivity index (χ1) is 14.4. The number of carbonyl (C=O) groups excluding carboxylic acids is 1. The molecular formula is C20H22F3N5O2. The molecule has 0 unspecified atom stereocenters. The van der Waals surface area contributed by atoms with Gasteiger partial charge in [0.05, 0.1) is 18.8 Å². The van der Waals surface area contributed by atoms with Crippen molar-refractivity contribution in [3.63, 3.8) is 0 Å². The molecule has 2 aromatic rings. The average Bonchev–Trinajstić information content (AvgIpc) is 2.77. The lowest BCUT2D eigenvalue weighted by Crippen LogP contribution is -2.49. The molecule has 2 fully saturated rings. The second-order valence-electron chi connectivity index (χ2n) is 7.27. The maximum Gasteiger partial charge on any atom is 0.257 e. The number of anilines is 2. The highest BCUT2D eigenvalue weighted by Crippen LogP contribution is 2.21. The van der Waals surface area contributed by atoms with Crippen LogP contribution in [0.25, 0.3) is 0 Å². The van der Waals surface area contributed by atoms with Gasteiger partial charge < -0.3 is 19.4 Å². The van der Waals surface area contributed by atoms with E-state index in [1.54, 1.807) is 0 Å². The number of piperazine rings is 1. The third kappa shape index (κ3) is 4.04. The quantitative estimate of drug-likeness (QED) is 0.707. The Morgan fingerprint density at radius 3 is 2.33 bits per heavy atom. The molecule has 160 valence electrons. The van der Waals surface area contributed by atoms with Gasteiger partial charge in [0.1, 0.15) is 5.82 Å². The van der Waals surface area contributed by atoms with Gasteiger partial charge in [-0.2, -0.15) is 4.98 Å². The SMILES string of the molecule is Cc1cc(N2CCOCC2)nc(N2CCN(C(=O)c3ccc(F)c(F)c3F)CC2)n1. The Bertz CT molecular complexity index is 944. The molecule has 0 N–H and O–H groups in total. The molecule has 0 bridgehead atoms. The van der Waals surface area contributed by atoms with Crippen LogP contribution in [-0.4, -0.2) is 73.3 Å². The molecule has 2 aliphatic heterocycles. The molecule has 1 amide bonds. The average molecular weight is 421 g/mol. The van der Waals surface area contributed by atoms with Crippen LogP contribution >= 0.6 is 0 Å². The van der Waals surface area contributed by atoms with Gasteiger partial charge in [0.2, 0.25) is 5.95 Å². The number of benzene rings is 1. The van der Waals surface area contributed by atoms with E-state index < -0.39 is 28.9 Å². The van der Waals surface area contributed by atoms with Crippen LogP contribution in [0, 0.1) is 24.4 Å². The molecule has 1 aromatic carbocycles. The highest BCUT2D eigenvalue weighted by Gasteiger charge is 2.27. The third-order valence-electron chi connectivity index (χ3n) is 5.28. The monoisotopic (exact) mass is 421 g/mol. The van der Waals surface area contributed by atoms with E-state index in [4.69, 9.17) is 4.74 Å². The number of hydrogen-bond acceptors (Lipinski definition) is 6. The normalized spacial score (nSPS) is 17.4. The van der Waals surface area contributed by atoms with Gasteiger partial charge in [-0.15, -0.1) is 0 Å². The largest absolute Gasteiger partial charge is 0.378 e. The van der Waals surface area contributed by atoms with Crippen LogP contribution in [0.5, 0.6) is 0 Å². The molecule has 1 aromatic heterocycles. The van der Waals surface area contributed by atoms with Gasteiger partial charge in [0.15, 0.2) is 17.5 Å². The van der Waals surface area contributed by atoms with E-state index >= 15 is 0 Å². The van der Waals surface area contributed by atoms with Crippen LogP contribution in [-0.2, 0) is 4.74 Å². The molecule has 0 aliphatic carbocycles. The smallest absolute Gasteiger partial charge is 0.257 e. The lowest BCUT2D eigenvalue weighted by molar-refractivity contribution is 0.0740. The molecular weight excluding hydrogens is 399 g/mol. The highest BCUT2D eigenvalue weighted by atomic mass is 19.2. The Hall–Kier alpha value is -2.88. The second kappa shape index (κ2) is 8.47. The van der Waals surface area contributed by atoms with Gasteiger partial charge >= 0.3 is 0 Å². The van der Waals surface area contributed by atoms with Crippen LogP contribution in [0.4, 0.5) is 24.9 Å². The number of morpholine rings is 1. The van der Waals surface area contributed by atoms with Crippen molar-refractivity contribution in [2.45, 2.75) is 6.92 Å². The summed E-state index contributed by atoms with van der Waals surface area (Å²) in [6.07, 6.45) is 0. The van der Waals surface area contributed by atoms with Crippen LogP contribution in [0.15, 0.2) is 18.2 Å². The van der Waals surface area contributed by atoms with Crippen LogP contribution in [0.3, 0.4) is 0 Å². The zero-order chi connectivity index (χ0) is 21.3. The maximum absolute atomic E-state index is 14.0. The van der Waals surface area contributed by atoms with Crippen LogP contribution < -0.4 is 9.80 Å².